The van der Waals surface area contributed by atoms with Crippen molar-refractivity contribution in [1.29, 1.82) is 0 Å². The molecule has 0 saturated carbocycles. The number of anilines is 1. The number of esters is 1. The Kier molecular flexibility index (Phi) is 7.53. The number of hydrogen-bond donors (Lipinski definition) is 2. The summed E-state index contributed by atoms with van der Waals surface area (Å²) >= 11 is 0. The van der Waals surface area contributed by atoms with Crippen molar-refractivity contribution in [3.63, 3.8) is 0 Å². The van der Waals surface area contributed by atoms with Crippen LogP contribution in [0, 0.1) is 0 Å². The van der Waals surface area contributed by atoms with Gasteiger partial charge in [-0.25, -0.2) is 17.5 Å². The Morgan fingerprint density at radius 3 is 2.54 bits per heavy atom. The van der Waals surface area contributed by atoms with Crippen molar-refractivity contribution < 1.29 is 27.5 Å². The number of benzene rings is 1. The highest BCUT2D eigenvalue weighted by atomic mass is 32.2. The lowest BCUT2D eigenvalue weighted by Gasteiger charge is -2.17. The molecular formula is C18H25N3O6S. The van der Waals surface area contributed by atoms with Crippen LogP contribution in [-0.4, -0.2) is 56.7 Å². The lowest BCUT2D eigenvalue weighted by molar-refractivity contribution is -0.149. The Morgan fingerprint density at radius 2 is 1.96 bits per heavy atom. The standard InChI is InChI=1S/C18H25N3O6S/c1-3-4-11-21(2)28(25,26)14-7-5-13(6-8-14)19-17(23)12-27-18(24)15-9-10-16(22)20-15/h5-8,15H,3-4,9-12H2,1-2H3,(H,19,23)(H,20,22)/t15-/m0/s1. The first-order valence-electron chi connectivity index (χ1n) is 9.06. The number of ether oxygens (including phenoxy) is 1. The second kappa shape index (κ2) is 9.65. The largest absolute Gasteiger partial charge is 0.454 e. The third-order valence-electron chi connectivity index (χ3n) is 4.30. The molecule has 1 atom stereocenters. The van der Waals surface area contributed by atoms with Gasteiger partial charge in [0.1, 0.15) is 6.04 Å². The molecule has 1 saturated heterocycles. The molecule has 0 spiro atoms. The number of unbranched alkanes of at least 4 members (excludes halogenated alkanes) is 1. The van der Waals surface area contributed by atoms with Gasteiger partial charge >= 0.3 is 5.97 Å². The van der Waals surface area contributed by atoms with Gasteiger partial charge in [0, 0.05) is 25.7 Å². The van der Waals surface area contributed by atoms with Gasteiger partial charge in [-0.1, -0.05) is 13.3 Å². The molecule has 28 heavy (non-hydrogen) atoms. The van der Waals surface area contributed by atoms with Crippen LogP contribution in [0.2, 0.25) is 0 Å². The molecule has 0 unspecified atom stereocenters. The number of nitrogens with one attached hydrogen (secondary N) is 2. The van der Waals surface area contributed by atoms with Crippen LogP contribution in [0.3, 0.4) is 0 Å². The fraction of sp³-hybridized carbons (Fsp3) is 0.500. The Balaban J connectivity index is 1.87. The second-order valence-corrected chi connectivity index (χ2v) is 8.56. The second-order valence-electron chi connectivity index (χ2n) is 6.52. The number of nitrogens with zero attached hydrogens (tertiary/aromatic N) is 1. The van der Waals surface area contributed by atoms with Gasteiger partial charge in [0.25, 0.3) is 5.91 Å². The van der Waals surface area contributed by atoms with Gasteiger partial charge in [-0.2, -0.15) is 0 Å². The van der Waals surface area contributed by atoms with Gasteiger partial charge in [0.05, 0.1) is 4.90 Å². The van der Waals surface area contributed by atoms with Crippen LogP contribution >= 0.6 is 0 Å². The van der Waals surface area contributed by atoms with E-state index in [0.717, 1.165) is 12.8 Å². The van der Waals surface area contributed by atoms with Crippen molar-refractivity contribution in [1.82, 2.24) is 9.62 Å². The number of sulfonamides is 1. The molecule has 9 nitrogen and oxygen atoms in total. The number of amides is 2. The normalized spacial score (nSPS) is 16.7. The molecule has 1 aliphatic rings. The first-order chi connectivity index (χ1) is 13.2. The van der Waals surface area contributed by atoms with Crippen molar-refractivity contribution >= 4 is 33.5 Å². The van der Waals surface area contributed by atoms with Crippen LogP contribution in [0.25, 0.3) is 0 Å². The van der Waals surface area contributed by atoms with Crippen molar-refractivity contribution in [2.24, 2.45) is 0 Å². The minimum absolute atomic E-state index is 0.132. The third kappa shape index (κ3) is 5.77. The average Bonchev–Trinajstić information content (AvgIpc) is 3.11. The molecule has 2 amide bonds. The Morgan fingerprint density at radius 1 is 1.29 bits per heavy atom. The van der Waals surface area contributed by atoms with Gasteiger partial charge in [-0.15, -0.1) is 0 Å². The van der Waals surface area contributed by atoms with E-state index >= 15 is 0 Å². The van der Waals surface area contributed by atoms with Crippen LogP contribution in [-0.2, 0) is 29.1 Å². The van der Waals surface area contributed by atoms with Crippen molar-refractivity contribution in [2.45, 2.75) is 43.5 Å². The SMILES string of the molecule is CCCCN(C)S(=O)(=O)c1ccc(NC(=O)COC(=O)[C@@H]2CCC(=O)N2)cc1. The monoisotopic (exact) mass is 411 g/mol. The molecule has 0 aliphatic carbocycles. The molecule has 1 fully saturated rings. The highest BCUT2D eigenvalue weighted by Gasteiger charge is 2.28. The Bertz CT molecular complexity index is 822. The van der Waals surface area contributed by atoms with Crippen molar-refractivity contribution in [2.75, 3.05) is 25.5 Å². The Hall–Kier alpha value is -2.46. The summed E-state index contributed by atoms with van der Waals surface area (Å²) in [6, 6.07) is 5.05. The molecule has 0 aromatic heterocycles. The predicted molar refractivity (Wildman–Crippen MR) is 102 cm³/mol. The van der Waals surface area contributed by atoms with Gasteiger partial charge in [-0.3, -0.25) is 9.59 Å². The molecular weight excluding hydrogens is 386 g/mol. The lowest BCUT2D eigenvalue weighted by atomic mass is 10.2. The summed E-state index contributed by atoms with van der Waals surface area (Å²) in [4.78, 5) is 34.9. The molecule has 10 heteroatoms. The average molecular weight is 411 g/mol. The van der Waals surface area contributed by atoms with E-state index in [1.165, 1.54) is 35.6 Å². The van der Waals surface area contributed by atoms with E-state index in [1.54, 1.807) is 0 Å². The molecule has 0 bridgehead atoms. The van der Waals surface area contributed by atoms with E-state index in [-0.39, 0.29) is 17.2 Å². The first kappa shape index (κ1) is 21.8. The molecule has 2 rings (SSSR count). The molecule has 1 aliphatic heterocycles. The van der Waals surface area contributed by atoms with E-state index in [2.05, 4.69) is 10.6 Å². The summed E-state index contributed by atoms with van der Waals surface area (Å²) in [5, 5.41) is 4.99. The first-order valence-corrected chi connectivity index (χ1v) is 10.5. The number of rotatable bonds is 9. The summed E-state index contributed by atoms with van der Waals surface area (Å²) in [5.41, 5.74) is 0.380. The highest BCUT2D eigenvalue weighted by molar-refractivity contribution is 7.89. The molecule has 0 radical (unpaired) electrons. The summed E-state index contributed by atoms with van der Waals surface area (Å²) < 4.78 is 31.1. The lowest BCUT2D eigenvalue weighted by Crippen LogP contribution is -2.36. The minimum Gasteiger partial charge on any atom is -0.454 e. The van der Waals surface area contributed by atoms with E-state index in [1.807, 2.05) is 6.92 Å². The predicted octanol–water partition coefficient (Wildman–Crippen LogP) is 0.868. The summed E-state index contributed by atoms with van der Waals surface area (Å²) in [6.07, 6.45) is 2.27. The number of carbonyl (C=O) groups excluding carboxylic acids is 3. The van der Waals surface area contributed by atoms with E-state index < -0.39 is 34.5 Å². The van der Waals surface area contributed by atoms with Crippen LogP contribution in [0.5, 0.6) is 0 Å². The maximum Gasteiger partial charge on any atom is 0.329 e. The van der Waals surface area contributed by atoms with Gasteiger partial charge in [-0.05, 0) is 37.1 Å². The fourth-order valence-electron chi connectivity index (χ4n) is 2.62. The zero-order valence-electron chi connectivity index (χ0n) is 15.9. The van der Waals surface area contributed by atoms with E-state index in [9.17, 15) is 22.8 Å². The van der Waals surface area contributed by atoms with Crippen LogP contribution in [0.1, 0.15) is 32.6 Å². The molecule has 1 heterocycles. The van der Waals surface area contributed by atoms with E-state index in [0.29, 0.717) is 18.7 Å². The third-order valence-corrected chi connectivity index (χ3v) is 6.17. The molecule has 1 aromatic rings. The number of carbonyl (C=O) groups is 3. The zero-order valence-corrected chi connectivity index (χ0v) is 16.8. The summed E-state index contributed by atoms with van der Waals surface area (Å²) in [7, 11) is -2.05. The van der Waals surface area contributed by atoms with Crippen LogP contribution in [0.15, 0.2) is 29.2 Å². The van der Waals surface area contributed by atoms with Crippen molar-refractivity contribution in [3.8, 4) is 0 Å². The number of hydrogen-bond acceptors (Lipinski definition) is 6. The van der Waals surface area contributed by atoms with Gasteiger partial charge in [0.2, 0.25) is 15.9 Å². The fourth-order valence-corrected chi connectivity index (χ4v) is 3.83. The molecule has 154 valence electrons. The molecule has 2 N–H and O–H groups in total. The zero-order chi connectivity index (χ0) is 20.7. The van der Waals surface area contributed by atoms with Crippen LogP contribution in [0.4, 0.5) is 5.69 Å². The quantitative estimate of drug-likeness (QED) is 0.582. The topological polar surface area (TPSA) is 122 Å². The maximum atomic E-state index is 12.4. The van der Waals surface area contributed by atoms with E-state index in [4.69, 9.17) is 4.74 Å². The highest BCUT2D eigenvalue weighted by Crippen LogP contribution is 2.18. The summed E-state index contributed by atoms with van der Waals surface area (Å²) in [5.74, 6) is -1.44. The van der Waals surface area contributed by atoms with Crippen LogP contribution < -0.4 is 10.6 Å². The summed E-state index contributed by atoms with van der Waals surface area (Å²) in [6.45, 7) is 1.92. The maximum absolute atomic E-state index is 12.4. The minimum atomic E-state index is -3.58. The Labute approximate surface area is 164 Å². The molecule has 1 aromatic carbocycles. The van der Waals surface area contributed by atoms with Gasteiger partial charge in [0.15, 0.2) is 6.61 Å². The van der Waals surface area contributed by atoms with Gasteiger partial charge < -0.3 is 15.4 Å². The smallest absolute Gasteiger partial charge is 0.329 e. The van der Waals surface area contributed by atoms with Crippen molar-refractivity contribution in [3.05, 3.63) is 24.3 Å².